The van der Waals surface area contributed by atoms with Crippen molar-refractivity contribution in [3.05, 3.63) is 0 Å². The van der Waals surface area contributed by atoms with Crippen LogP contribution < -0.4 is 0 Å². The normalized spacial score (nSPS) is 30.2. The third-order valence-electron chi connectivity index (χ3n) is 1.94. The van der Waals surface area contributed by atoms with Crippen molar-refractivity contribution in [3.8, 4) is 0 Å². The van der Waals surface area contributed by atoms with Crippen LogP contribution in [0.4, 0.5) is 0 Å². The van der Waals surface area contributed by atoms with Crippen molar-refractivity contribution in [2.45, 2.75) is 19.1 Å². The van der Waals surface area contributed by atoms with E-state index < -0.39 is 0 Å². The van der Waals surface area contributed by atoms with E-state index in [1.54, 1.807) is 7.11 Å². The molecule has 1 rings (SSSR count). The second kappa shape index (κ2) is 4.77. The summed E-state index contributed by atoms with van der Waals surface area (Å²) < 4.78 is 15.1. The number of hydrogen-bond donors (Lipinski definition) is 1. The molecule has 1 heterocycles. The average Bonchev–Trinajstić information content (AvgIpc) is 2.83. The highest BCUT2D eigenvalue weighted by molar-refractivity contribution is 4.87. The van der Waals surface area contributed by atoms with Crippen LogP contribution in [0.5, 0.6) is 0 Å². The molecule has 0 aromatic rings. The van der Waals surface area contributed by atoms with E-state index in [0.717, 1.165) is 0 Å². The van der Waals surface area contributed by atoms with Gasteiger partial charge in [0.05, 0.1) is 19.3 Å². The topological polar surface area (TPSA) is 51.2 Å². The Morgan fingerprint density at radius 1 is 1.58 bits per heavy atom. The molecule has 4 heteroatoms. The minimum Gasteiger partial charge on any atom is -0.394 e. The maximum atomic E-state index is 8.71. The molecule has 1 saturated heterocycles. The van der Waals surface area contributed by atoms with Gasteiger partial charge >= 0.3 is 0 Å². The van der Waals surface area contributed by atoms with Crippen molar-refractivity contribution in [3.63, 3.8) is 0 Å². The summed E-state index contributed by atoms with van der Waals surface area (Å²) in [4.78, 5) is 0. The number of epoxide rings is 1. The van der Waals surface area contributed by atoms with Gasteiger partial charge in [-0.15, -0.1) is 0 Å². The quantitative estimate of drug-likeness (QED) is 0.351. The van der Waals surface area contributed by atoms with Gasteiger partial charge < -0.3 is 19.3 Å². The maximum Gasteiger partial charge on any atom is 0.146 e. The predicted molar refractivity (Wildman–Crippen MR) is 42.7 cm³/mol. The van der Waals surface area contributed by atoms with E-state index >= 15 is 0 Å². The summed E-state index contributed by atoms with van der Waals surface area (Å²) >= 11 is 0. The molecular formula is C8H16O4. The van der Waals surface area contributed by atoms with Gasteiger partial charge in [-0.05, 0) is 0 Å². The van der Waals surface area contributed by atoms with Crippen LogP contribution in [0.25, 0.3) is 0 Å². The second-order valence-corrected chi connectivity index (χ2v) is 3.08. The van der Waals surface area contributed by atoms with Gasteiger partial charge in [0.15, 0.2) is 0 Å². The molecule has 0 saturated carbocycles. The summed E-state index contributed by atoms with van der Waals surface area (Å²) in [5, 5.41) is 8.71. The van der Waals surface area contributed by atoms with Crippen LogP contribution in [0, 0.1) is 5.92 Å². The van der Waals surface area contributed by atoms with Gasteiger partial charge in [-0.3, -0.25) is 0 Å². The fraction of sp³-hybridized carbons (Fsp3) is 1.00. The molecule has 12 heavy (non-hydrogen) atoms. The SMILES string of the molecule is COCOC[C@@H](C)[C@H]1O[C@@H]1CO. The zero-order valence-corrected chi connectivity index (χ0v) is 7.53. The fourth-order valence-corrected chi connectivity index (χ4v) is 1.22. The van der Waals surface area contributed by atoms with Crippen molar-refractivity contribution in [1.82, 2.24) is 0 Å². The van der Waals surface area contributed by atoms with Crippen molar-refractivity contribution in [1.29, 1.82) is 0 Å². The molecule has 1 aliphatic heterocycles. The van der Waals surface area contributed by atoms with Gasteiger partial charge in [-0.25, -0.2) is 0 Å². The average molecular weight is 176 g/mol. The van der Waals surface area contributed by atoms with Crippen molar-refractivity contribution < 1.29 is 19.3 Å². The Labute approximate surface area is 72.4 Å². The first-order chi connectivity index (χ1) is 5.79. The van der Waals surface area contributed by atoms with Gasteiger partial charge in [0.2, 0.25) is 0 Å². The zero-order chi connectivity index (χ0) is 8.97. The van der Waals surface area contributed by atoms with E-state index in [9.17, 15) is 0 Å². The summed E-state index contributed by atoms with van der Waals surface area (Å²) in [6.07, 6.45) is 0.206. The van der Waals surface area contributed by atoms with Crippen LogP contribution >= 0.6 is 0 Å². The zero-order valence-electron chi connectivity index (χ0n) is 7.53. The number of methoxy groups -OCH3 is 1. The van der Waals surface area contributed by atoms with Gasteiger partial charge in [0.1, 0.15) is 12.9 Å². The largest absolute Gasteiger partial charge is 0.394 e. The highest BCUT2D eigenvalue weighted by Crippen LogP contribution is 2.28. The Morgan fingerprint density at radius 2 is 2.33 bits per heavy atom. The number of rotatable bonds is 6. The van der Waals surface area contributed by atoms with E-state index in [4.69, 9.17) is 19.3 Å². The lowest BCUT2D eigenvalue weighted by Gasteiger charge is -2.07. The van der Waals surface area contributed by atoms with Gasteiger partial charge in [-0.2, -0.15) is 0 Å². The Morgan fingerprint density at radius 3 is 2.83 bits per heavy atom. The molecule has 3 atom stereocenters. The molecule has 1 aliphatic rings. The first-order valence-electron chi connectivity index (χ1n) is 4.12. The lowest BCUT2D eigenvalue weighted by Crippen LogP contribution is -2.16. The van der Waals surface area contributed by atoms with Crippen LogP contribution in [0.2, 0.25) is 0 Å². The molecule has 0 bridgehead atoms. The van der Waals surface area contributed by atoms with Crippen LogP contribution in [0.1, 0.15) is 6.92 Å². The first-order valence-corrected chi connectivity index (χ1v) is 4.12. The van der Waals surface area contributed by atoms with Crippen LogP contribution in [-0.4, -0.2) is 44.4 Å². The number of ether oxygens (including phenoxy) is 3. The molecule has 0 aromatic carbocycles. The Hall–Kier alpha value is -0.160. The molecule has 0 aliphatic carbocycles. The second-order valence-electron chi connectivity index (χ2n) is 3.08. The minimum atomic E-state index is 0.0335. The molecule has 1 N–H and O–H groups in total. The maximum absolute atomic E-state index is 8.71. The third kappa shape index (κ3) is 2.71. The summed E-state index contributed by atoms with van der Waals surface area (Å²) in [6.45, 7) is 3.09. The van der Waals surface area contributed by atoms with Gasteiger partial charge in [0, 0.05) is 13.0 Å². The van der Waals surface area contributed by atoms with Crippen molar-refractivity contribution in [2.24, 2.45) is 5.92 Å². The number of hydrogen-bond acceptors (Lipinski definition) is 4. The molecular weight excluding hydrogens is 160 g/mol. The van der Waals surface area contributed by atoms with E-state index in [2.05, 4.69) is 0 Å². The summed E-state index contributed by atoms with van der Waals surface area (Å²) in [5.41, 5.74) is 0. The van der Waals surface area contributed by atoms with Crippen molar-refractivity contribution >= 4 is 0 Å². The monoisotopic (exact) mass is 176 g/mol. The Kier molecular flexibility index (Phi) is 3.94. The van der Waals surface area contributed by atoms with Gasteiger partial charge in [0.25, 0.3) is 0 Å². The molecule has 0 aromatic heterocycles. The number of aliphatic hydroxyl groups is 1. The predicted octanol–water partition coefficient (Wildman–Crippen LogP) is 0.00270. The van der Waals surface area contributed by atoms with Crippen molar-refractivity contribution in [2.75, 3.05) is 27.1 Å². The summed E-state index contributed by atoms with van der Waals surface area (Å²) in [7, 11) is 1.59. The highest BCUT2D eigenvalue weighted by Gasteiger charge is 2.42. The molecule has 1 fully saturated rings. The summed E-state index contributed by atoms with van der Waals surface area (Å²) in [6, 6.07) is 0. The Bertz CT molecular complexity index is 128. The summed E-state index contributed by atoms with van der Waals surface area (Å²) in [5.74, 6) is 0.331. The first kappa shape index (κ1) is 9.92. The molecule has 72 valence electrons. The van der Waals surface area contributed by atoms with E-state index in [0.29, 0.717) is 19.3 Å². The lowest BCUT2D eigenvalue weighted by atomic mass is 10.1. The molecule has 0 amide bonds. The minimum absolute atomic E-state index is 0.0335. The lowest BCUT2D eigenvalue weighted by molar-refractivity contribution is -0.0439. The number of aliphatic hydroxyl groups excluding tert-OH is 1. The third-order valence-corrected chi connectivity index (χ3v) is 1.94. The van der Waals surface area contributed by atoms with E-state index in [1.807, 2.05) is 6.92 Å². The molecule has 0 spiro atoms. The van der Waals surface area contributed by atoms with E-state index in [-0.39, 0.29) is 18.8 Å². The standard InChI is InChI=1S/C8H16O4/c1-6(4-11-5-10-2)8-7(3-9)12-8/h6-9H,3-5H2,1-2H3/t6-,7-,8-/m1/s1. The van der Waals surface area contributed by atoms with Crippen LogP contribution in [0.15, 0.2) is 0 Å². The fourth-order valence-electron chi connectivity index (χ4n) is 1.22. The van der Waals surface area contributed by atoms with E-state index in [1.165, 1.54) is 0 Å². The van der Waals surface area contributed by atoms with Crippen LogP contribution in [-0.2, 0) is 14.2 Å². The van der Waals surface area contributed by atoms with Gasteiger partial charge in [-0.1, -0.05) is 6.92 Å². The van der Waals surface area contributed by atoms with Crippen LogP contribution in [0.3, 0.4) is 0 Å². The molecule has 0 unspecified atom stereocenters. The smallest absolute Gasteiger partial charge is 0.146 e. The molecule has 0 radical (unpaired) electrons. The Balaban J connectivity index is 2.01. The molecule has 4 nitrogen and oxygen atoms in total. The highest BCUT2D eigenvalue weighted by atomic mass is 16.7.